The van der Waals surface area contributed by atoms with Crippen molar-refractivity contribution < 1.29 is 17.5 Å². The highest BCUT2D eigenvalue weighted by Crippen LogP contribution is 2.32. The van der Waals surface area contributed by atoms with Crippen molar-refractivity contribution in [1.29, 1.82) is 10.5 Å². The summed E-state index contributed by atoms with van der Waals surface area (Å²) in [5.41, 5.74) is 0.00242. The number of hydrogen-bond donors (Lipinski definition) is 1. The maximum Gasteiger partial charge on any atom is 0.263 e. The molecule has 7 nitrogen and oxygen atoms in total. The first-order valence-corrected chi connectivity index (χ1v) is 9.75. The standard InChI is InChI=1S/C19H10ClFN4O3S/c20-16-2-1-3-18(15(16)10-23)28-17-6-5-14(8-12(17)9-22)29(26,27)25-19-7-4-13(21)11-24-19/h1-8,11H,(H,24,25). The van der Waals surface area contributed by atoms with E-state index in [1.807, 2.05) is 12.1 Å². The minimum Gasteiger partial charge on any atom is -0.455 e. The summed E-state index contributed by atoms with van der Waals surface area (Å²) in [6.45, 7) is 0. The largest absolute Gasteiger partial charge is 0.455 e. The van der Waals surface area contributed by atoms with Gasteiger partial charge >= 0.3 is 0 Å². The van der Waals surface area contributed by atoms with Gasteiger partial charge in [0.1, 0.15) is 40.8 Å². The van der Waals surface area contributed by atoms with Crippen molar-refractivity contribution in [3.8, 4) is 23.6 Å². The van der Waals surface area contributed by atoms with Gasteiger partial charge in [0.15, 0.2) is 0 Å². The number of rotatable bonds is 5. The Balaban J connectivity index is 1.93. The molecule has 3 rings (SSSR count). The summed E-state index contributed by atoms with van der Waals surface area (Å²) >= 11 is 5.96. The Labute approximate surface area is 170 Å². The van der Waals surface area contributed by atoms with Gasteiger partial charge in [-0.05, 0) is 42.5 Å². The summed E-state index contributed by atoms with van der Waals surface area (Å²) in [6.07, 6.45) is 0.868. The number of benzene rings is 2. The molecule has 0 aliphatic carbocycles. The van der Waals surface area contributed by atoms with Crippen molar-refractivity contribution >= 4 is 27.4 Å². The third-order valence-corrected chi connectivity index (χ3v) is 5.32. The molecule has 0 saturated carbocycles. The Morgan fingerprint density at radius 1 is 1.07 bits per heavy atom. The van der Waals surface area contributed by atoms with E-state index in [0.29, 0.717) is 0 Å². The Kier molecular flexibility index (Phi) is 5.64. The first-order chi connectivity index (χ1) is 13.8. The Morgan fingerprint density at radius 3 is 2.52 bits per heavy atom. The average Bonchev–Trinajstić information content (AvgIpc) is 2.70. The second kappa shape index (κ2) is 8.15. The fourth-order valence-corrected chi connectivity index (χ4v) is 3.54. The highest BCUT2D eigenvalue weighted by molar-refractivity contribution is 7.92. The lowest BCUT2D eigenvalue weighted by Crippen LogP contribution is -2.14. The van der Waals surface area contributed by atoms with Gasteiger partial charge in [-0.2, -0.15) is 10.5 Å². The fraction of sp³-hybridized carbons (Fsp3) is 0. The van der Waals surface area contributed by atoms with Crippen LogP contribution in [0.15, 0.2) is 59.6 Å². The number of aromatic nitrogens is 1. The minimum atomic E-state index is -4.08. The predicted octanol–water partition coefficient (Wildman–Crippen LogP) is 4.21. The average molecular weight is 429 g/mol. The van der Waals surface area contributed by atoms with Crippen LogP contribution in [0.1, 0.15) is 11.1 Å². The van der Waals surface area contributed by atoms with Gasteiger partial charge in [0, 0.05) is 0 Å². The van der Waals surface area contributed by atoms with Crippen molar-refractivity contribution in [3.05, 3.63) is 76.7 Å². The molecule has 0 atom stereocenters. The Bertz CT molecular complexity index is 1270. The molecule has 0 fully saturated rings. The van der Waals surface area contributed by atoms with Gasteiger partial charge in [-0.3, -0.25) is 4.72 Å². The molecule has 0 bridgehead atoms. The van der Waals surface area contributed by atoms with Crippen LogP contribution in [0.3, 0.4) is 0 Å². The summed E-state index contributed by atoms with van der Waals surface area (Å²) in [5.74, 6) is -0.521. The number of hydrogen-bond acceptors (Lipinski definition) is 6. The zero-order valence-corrected chi connectivity index (χ0v) is 16.0. The molecule has 0 aliphatic rings. The summed E-state index contributed by atoms with van der Waals surface area (Å²) in [6, 6.07) is 14.2. The first-order valence-electron chi connectivity index (χ1n) is 7.89. The maximum absolute atomic E-state index is 12.9. The molecule has 10 heteroatoms. The van der Waals surface area contributed by atoms with Crippen LogP contribution < -0.4 is 9.46 Å². The van der Waals surface area contributed by atoms with E-state index >= 15 is 0 Å². The normalized spacial score (nSPS) is 10.6. The fourth-order valence-electron chi connectivity index (χ4n) is 2.30. The molecule has 0 spiro atoms. The zero-order valence-electron chi connectivity index (χ0n) is 14.4. The van der Waals surface area contributed by atoms with Gasteiger partial charge in [-0.15, -0.1) is 0 Å². The molecule has 0 unspecified atom stereocenters. The van der Waals surface area contributed by atoms with Crippen LogP contribution in [0, 0.1) is 28.5 Å². The van der Waals surface area contributed by atoms with E-state index in [1.165, 1.54) is 24.3 Å². The highest BCUT2D eigenvalue weighted by Gasteiger charge is 2.19. The van der Waals surface area contributed by atoms with E-state index in [2.05, 4.69) is 9.71 Å². The first kappa shape index (κ1) is 20.1. The Morgan fingerprint density at radius 2 is 1.86 bits per heavy atom. The SMILES string of the molecule is N#Cc1cc(S(=O)(=O)Nc2ccc(F)cn2)ccc1Oc1cccc(Cl)c1C#N. The van der Waals surface area contributed by atoms with Gasteiger partial charge in [0.25, 0.3) is 10.0 Å². The topological polar surface area (TPSA) is 116 Å². The molecular weight excluding hydrogens is 419 g/mol. The van der Waals surface area contributed by atoms with Crippen LogP contribution in [0.25, 0.3) is 0 Å². The van der Waals surface area contributed by atoms with Crippen LogP contribution in [-0.4, -0.2) is 13.4 Å². The summed E-state index contributed by atoms with van der Waals surface area (Å²) in [7, 11) is -4.08. The van der Waals surface area contributed by atoms with Gasteiger partial charge in [0.05, 0.1) is 21.7 Å². The molecule has 2 aromatic carbocycles. The third-order valence-electron chi connectivity index (χ3n) is 3.66. The minimum absolute atomic E-state index is 0.0464. The van der Waals surface area contributed by atoms with Crippen LogP contribution in [0.5, 0.6) is 11.5 Å². The third kappa shape index (κ3) is 4.43. The van der Waals surface area contributed by atoms with Crippen LogP contribution in [-0.2, 0) is 10.0 Å². The summed E-state index contributed by atoms with van der Waals surface area (Å²) in [4.78, 5) is 3.41. The summed E-state index contributed by atoms with van der Waals surface area (Å²) < 4.78 is 45.7. The van der Waals surface area contributed by atoms with E-state index in [9.17, 15) is 23.3 Å². The number of nitrogens with zero attached hydrogens (tertiary/aromatic N) is 3. The molecule has 1 N–H and O–H groups in total. The van der Waals surface area contributed by atoms with Gasteiger partial charge in [-0.25, -0.2) is 17.8 Å². The lowest BCUT2D eigenvalue weighted by atomic mass is 10.2. The van der Waals surface area contributed by atoms with Crippen molar-refractivity contribution in [3.63, 3.8) is 0 Å². The van der Waals surface area contributed by atoms with Crippen molar-refractivity contribution in [2.75, 3.05) is 4.72 Å². The smallest absolute Gasteiger partial charge is 0.263 e. The molecule has 1 heterocycles. The van der Waals surface area contributed by atoms with E-state index in [-0.39, 0.29) is 38.4 Å². The number of halogens is 2. The Hall–Kier alpha value is -3.66. The predicted molar refractivity (Wildman–Crippen MR) is 102 cm³/mol. The molecule has 0 amide bonds. The van der Waals surface area contributed by atoms with E-state index in [1.54, 1.807) is 6.07 Å². The molecule has 29 heavy (non-hydrogen) atoms. The molecule has 3 aromatic rings. The summed E-state index contributed by atoms with van der Waals surface area (Å²) in [5, 5.41) is 18.8. The monoisotopic (exact) mass is 428 g/mol. The van der Waals surface area contributed by atoms with Crippen LogP contribution >= 0.6 is 11.6 Å². The zero-order chi connectivity index (χ0) is 21.0. The van der Waals surface area contributed by atoms with Crippen LogP contribution in [0.2, 0.25) is 5.02 Å². The molecule has 0 aliphatic heterocycles. The highest BCUT2D eigenvalue weighted by atomic mass is 35.5. The number of pyridine rings is 1. The van der Waals surface area contributed by atoms with Gasteiger partial charge < -0.3 is 4.74 Å². The molecular formula is C19H10ClFN4O3S. The maximum atomic E-state index is 12.9. The van der Waals surface area contributed by atoms with Crippen molar-refractivity contribution in [2.45, 2.75) is 4.90 Å². The molecule has 144 valence electrons. The lowest BCUT2D eigenvalue weighted by Gasteiger charge is -2.12. The number of sulfonamides is 1. The lowest BCUT2D eigenvalue weighted by molar-refractivity contribution is 0.479. The van der Waals surface area contributed by atoms with E-state index < -0.39 is 15.8 Å². The quantitative estimate of drug-likeness (QED) is 0.650. The number of nitrogens with one attached hydrogen (secondary N) is 1. The van der Waals surface area contributed by atoms with E-state index in [4.69, 9.17) is 16.3 Å². The van der Waals surface area contributed by atoms with Crippen molar-refractivity contribution in [1.82, 2.24) is 4.98 Å². The van der Waals surface area contributed by atoms with Gasteiger partial charge in [0.2, 0.25) is 0 Å². The van der Waals surface area contributed by atoms with Crippen molar-refractivity contribution in [2.24, 2.45) is 0 Å². The molecule has 0 radical (unpaired) electrons. The second-order valence-corrected chi connectivity index (χ2v) is 7.65. The number of ether oxygens (including phenoxy) is 1. The number of nitriles is 2. The van der Waals surface area contributed by atoms with Crippen LogP contribution in [0.4, 0.5) is 10.2 Å². The second-order valence-electron chi connectivity index (χ2n) is 5.56. The number of anilines is 1. The van der Waals surface area contributed by atoms with Gasteiger partial charge in [-0.1, -0.05) is 17.7 Å². The van der Waals surface area contributed by atoms with E-state index in [0.717, 1.165) is 24.4 Å². The molecule has 1 aromatic heterocycles. The molecule has 0 saturated heterocycles.